The number of allylic oxidation sites excluding steroid dienone is 1. The van der Waals surface area contributed by atoms with Crippen molar-refractivity contribution in [2.24, 2.45) is 0 Å². The molecule has 0 bridgehead atoms. The van der Waals surface area contributed by atoms with Crippen LogP contribution in [0.25, 0.3) is 0 Å². The minimum absolute atomic E-state index is 0.185. The molecule has 0 fully saturated rings. The first-order valence-electron chi connectivity index (χ1n) is 7.82. The number of ether oxygens (including phenoxy) is 1. The molecule has 0 atom stereocenters. The van der Waals surface area contributed by atoms with Crippen LogP contribution in [0.2, 0.25) is 0 Å². The van der Waals surface area contributed by atoms with Crippen LogP contribution in [0, 0.1) is 0 Å². The Morgan fingerprint density at radius 3 is 2.76 bits per heavy atom. The number of esters is 1. The molecular weight excluding hydrogens is 262 g/mol. The number of hydrogen-bond donors (Lipinski definition) is 1. The number of nitrogens with one attached hydrogen (secondary N) is 1. The lowest BCUT2D eigenvalue weighted by molar-refractivity contribution is -0.139. The van der Waals surface area contributed by atoms with E-state index in [0.717, 1.165) is 25.1 Å². The van der Waals surface area contributed by atoms with Gasteiger partial charge < -0.3 is 10.1 Å². The number of rotatable bonds is 7. The second-order valence-electron chi connectivity index (χ2n) is 5.56. The van der Waals surface area contributed by atoms with Gasteiger partial charge in [0.25, 0.3) is 0 Å². The molecule has 0 spiro atoms. The van der Waals surface area contributed by atoms with Crippen molar-refractivity contribution in [3.63, 3.8) is 0 Å². The molecule has 0 aromatic heterocycles. The SMILES string of the molecule is COC(=O)Cc1ccccc1CNCCC1=CCCCC1. The van der Waals surface area contributed by atoms with Gasteiger partial charge in [0, 0.05) is 6.54 Å². The normalized spacial score (nSPS) is 14.6. The maximum absolute atomic E-state index is 11.4. The van der Waals surface area contributed by atoms with Crippen LogP contribution in [0.15, 0.2) is 35.9 Å². The Morgan fingerprint density at radius 1 is 1.24 bits per heavy atom. The molecular formula is C18H25NO2. The Labute approximate surface area is 127 Å². The summed E-state index contributed by atoms with van der Waals surface area (Å²) in [4.78, 5) is 11.4. The molecule has 0 aliphatic heterocycles. The van der Waals surface area contributed by atoms with Gasteiger partial charge >= 0.3 is 5.97 Å². The summed E-state index contributed by atoms with van der Waals surface area (Å²) in [6.07, 6.45) is 9.08. The van der Waals surface area contributed by atoms with Gasteiger partial charge in [-0.25, -0.2) is 0 Å². The van der Waals surface area contributed by atoms with E-state index in [1.165, 1.54) is 38.4 Å². The highest BCUT2D eigenvalue weighted by Crippen LogP contribution is 2.19. The topological polar surface area (TPSA) is 38.3 Å². The first kappa shape index (κ1) is 15.8. The van der Waals surface area contributed by atoms with Crippen molar-refractivity contribution in [2.75, 3.05) is 13.7 Å². The van der Waals surface area contributed by atoms with Crippen LogP contribution in [-0.4, -0.2) is 19.6 Å². The summed E-state index contributed by atoms with van der Waals surface area (Å²) in [6, 6.07) is 8.05. The van der Waals surface area contributed by atoms with Crippen molar-refractivity contribution < 1.29 is 9.53 Å². The highest BCUT2D eigenvalue weighted by Gasteiger charge is 2.08. The Kier molecular flexibility index (Phi) is 6.48. The van der Waals surface area contributed by atoms with E-state index in [4.69, 9.17) is 4.74 Å². The average molecular weight is 287 g/mol. The van der Waals surface area contributed by atoms with Crippen LogP contribution in [0.1, 0.15) is 43.2 Å². The molecule has 3 nitrogen and oxygen atoms in total. The summed E-state index contributed by atoms with van der Waals surface area (Å²) in [6.45, 7) is 1.80. The van der Waals surface area contributed by atoms with Gasteiger partial charge in [-0.2, -0.15) is 0 Å². The maximum Gasteiger partial charge on any atom is 0.309 e. The number of methoxy groups -OCH3 is 1. The molecule has 1 aliphatic rings. The third-order valence-corrected chi connectivity index (χ3v) is 4.00. The second-order valence-corrected chi connectivity index (χ2v) is 5.56. The lowest BCUT2D eigenvalue weighted by Gasteiger charge is -2.14. The fourth-order valence-corrected chi connectivity index (χ4v) is 2.73. The zero-order valence-corrected chi connectivity index (χ0v) is 12.9. The van der Waals surface area contributed by atoms with E-state index in [2.05, 4.69) is 17.5 Å². The van der Waals surface area contributed by atoms with E-state index in [9.17, 15) is 4.79 Å². The maximum atomic E-state index is 11.4. The average Bonchev–Trinajstić information content (AvgIpc) is 2.54. The molecule has 3 heteroatoms. The van der Waals surface area contributed by atoms with Gasteiger partial charge in [-0.05, 0) is 49.8 Å². The van der Waals surface area contributed by atoms with Crippen molar-refractivity contribution in [2.45, 2.75) is 45.1 Å². The summed E-state index contributed by atoms with van der Waals surface area (Å²) in [5, 5.41) is 3.49. The molecule has 0 radical (unpaired) electrons. The number of carbonyl (C=O) groups is 1. The summed E-state index contributed by atoms with van der Waals surface area (Å²) >= 11 is 0. The van der Waals surface area contributed by atoms with Crippen LogP contribution in [0.5, 0.6) is 0 Å². The molecule has 0 amide bonds. The fraction of sp³-hybridized carbons (Fsp3) is 0.500. The first-order chi connectivity index (χ1) is 10.3. The molecule has 1 aromatic rings. The van der Waals surface area contributed by atoms with Gasteiger partial charge in [0.1, 0.15) is 0 Å². The standard InChI is InChI=1S/C18H25NO2/c1-21-18(20)13-16-9-5-6-10-17(16)14-19-12-11-15-7-3-2-4-8-15/h5-7,9-10,19H,2-4,8,11-14H2,1H3. The third kappa shape index (κ3) is 5.35. The van der Waals surface area contributed by atoms with E-state index in [1.54, 1.807) is 5.57 Å². The predicted octanol–water partition coefficient (Wildman–Crippen LogP) is 3.38. The van der Waals surface area contributed by atoms with Crippen LogP contribution < -0.4 is 5.32 Å². The fourth-order valence-electron chi connectivity index (χ4n) is 2.73. The highest BCUT2D eigenvalue weighted by atomic mass is 16.5. The van der Waals surface area contributed by atoms with Crippen molar-refractivity contribution in [1.29, 1.82) is 0 Å². The first-order valence-corrected chi connectivity index (χ1v) is 7.82. The van der Waals surface area contributed by atoms with Gasteiger partial charge in [-0.1, -0.05) is 35.9 Å². The lowest BCUT2D eigenvalue weighted by Crippen LogP contribution is -2.17. The largest absolute Gasteiger partial charge is 0.469 e. The second kappa shape index (κ2) is 8.63. The molecule has 114 valence electrons. The summed E-state index contributed by atoms with van der Waals surface area (Å²) < 4.78 is 4.75. The minimum atomic E-state index is -0.185. The zero-order chi connectivity index (χ0) is 14.9. The molecule has 0 unspecified atom stereocenters. The zero-order valence-electron chi connectivity index (χ0n) is 12.9. The Balaban J connectivity index is 1.79. The molecule has 21 heavy (non-hydrogen) atoms. The van der Waals surface area contributed by atoms with Gasteiger partial charge in [0.2, 0.25) is 0 Å². The molecule has 0 saturated heterocycles. The number of carbonyl (C=O) groups excluding carboxylic acids is 1. The van der Waals surface area contributed by atoms with Crippen LogP contribution in [0.4, 0.5) is 0 Å². The molecule has 1 aromatic carbocycles. The van der Waals surface area contributed by atoms with Crippen molar-refractivity contribution >= 4 is 5.97 Å². The van der Waals surface area contributed by atoms with E-state index in [-0.39, 0.29) is 5.97 Å². The highest BCUT2D eigenvalue weighted by molar-refractivity contribution is 5.72. The van der Waals surface area contributed by atoms with E-state index in [1.807, 2.05) is 18.2 Å². The Bertz CT molecular complexity index is 494. The van der Waals surface area contributed by atoms with Crippen molar-refractivity contribution in [3.05, 3.63) is 47.0 Å². The van der Waals surface area contributed by atoms with E-state index in [0.29, 0.717) is 6.42 Å². The quantitative estimate of drug-likeness (QED) is 0.474. The molecule has 2 rings (SSSR count). The third-order valence-electron chi connectivity index (χ3n) is 4.00. The minimum Gasteiger partial charge on any atom is -0.469 e. The molecule has 1 aliphatic carbocycles. The van der Waals surface area contributed by atoms with Crippen LogP contribution >= 0.6 is 0 Å². The summed E-state index contributed by atoms with van der Waals surface area (Å²) in [5.41, 5.74) is 3.82. The molecule has 0 heterocycles. The van der Waals surface area contributed by atoms with E-state index >= 15 is 0 Å². The monoisotopic (exact) mass is 287 g/mol. The Morgan fingerprint density at radius 2 is 2.05 bits per heavy atom. The lowest BCUT2D eigenvalue weighted by atomic mass is 9.97. The number of benzene rings is 1. The number of hydrogen-bond acceptors (Lipinski definition) is 3. The van der Waals surface area contributed by atoms with Gasteiger partial charge in [-0.15, -0.1) is 0 Å². The van der Waals surface area contributed by atoms with Crippen molar-refractivity contribution in [3.8, 4) is 0 Å². The Hall–Kier alpha value is -1.61. The predicted molar refractivity (Wildman–Crippen MR) is 85.0 cm³/mol. The summed E-state index contributed by atoms with van der Waals surface area (Å²) in [7, 11) is 1.43. The summed E-state index contributed by atoms with van der Waals surface area (Å²) in [5.74, 6) is -0.185. The van der Waals surface area contributed by atoms with Gasteiger partial charge in [-0.3, -0.25) is 4.79 Å². The van der Waals surface area contributed by atoms with E-state index < -0.39 is 0 Å². The van der Waals surface area contributed by atoms with Gasteiger partial charge in [0.05, 0.1) is 13.5 Å². The smallest absolute Gasteiger partial charge is 0.309 e. The molecule has 1 N–H and O–H groups in total. The van der Waals surface area contributed by atoms with Gasteiger partial charge in [0.15, 0.2) is 0 Å². The van der Waals surface area contributed by atoms with Crippen LogP contribution in [0.3, 0.4) is 0 Å². The van der Waals surface area contributed by atoms with Crippen LogP contribution in [-0.2, 0) is 22.5 Å². The molecule has 0 saturated carbocycles. The van der Waals surface area contributed by atoms with Crippen molar-refractivity contribution in [1.82, 2.24) is 5.32 Å².